The minimum absolute atomic E-state index is 0.812. The predicted octanol–water partition coefficient (Wildman–Crippen LogP) is 13.0. The quantitative estimate of drug-likeness (QED) is 0.0538. The van der Waals surface area contributed by atoms with Gasteiger partial charge in [0.15, 0.2) is 0 Å². The first-order valence-corrected chi connectivity index (χ1v) is 20.1. The second-order valence-electron chi connectivity index (χ2n) is 13.4. The number of benzene rings is 1. The van der Waals surface area contributed by atoms with Crippen LogP contribution in [0.1, 0.15) is 174 Å². The molecule has 0 unspecified atom stereocenters. The van der Waals surface area contributed by atoms with Gasteiger partial charge < -0.3 is 9.47 Å². The molecule has 0 saturated heterocycles. The van der Waals surface area contributed by atoms with Crippen molar-refractivity contribution in [2.75, 3.05) is 39.5 Å². The number of allylic oxidation sites excluding steroid dienone is 4. The summed E-state index contributed by atoms with van der Waals surface area (Å²) in [6.45, 7) is 10.9. The molecule has 0 fully saturated rings. The Labute approximate surface area is 288 Å². The molecule has 0 atom stereocenters. The van der Waals surface area contributed by atoms with Crippen LogP contribution in [-0.4, -0.2) is 44.4 Å². The third kappa shape index (κ3) is 31.2. The Morgan fingerprint density at radius 3 is 1.22 bits per heavy atom. The van der Waals surface area contributed by atoms with Crippen LogP contribution in [0.2, 0.25) is 0 Å². The third-order valence-electron chi connectivity index (χ3n) is 8.95. The van der Waals surface area contributed by atoms with E-state index >= 15 is 0 Å². The lowest BCUT2D eigenvalue weighted by molar-refractivity contribution is 0.0692. The molecule has 3 heteroatoms. The van der Waals surface area contributed by atoms with Crippen LogP contribution < -0.4 is 0 Å². The van der Waals surface area contributed by atoms with E-state index in [9.17, 15) is 0 Å². The summed E-state index contributed by atoms with van der Waals surface area (Å²) in [6.07, 6.45) is 41.5. The maximum Gasteiger partial charge on any atom is 0.0593 e. The molecule has 0 bridgehead atoms. The van der Waals surface area contributed by atoms with Gasteiger partial charge in [-0.15, -0.1) is 0 Å². The first-order valence-electron chi connectivity index (χ1n) is 20.1. The predicted molar refractivity (Wildman–Crippen MR) is 204 cm³/mol. The minimum Gasteiger partial charge on any atom is -0.380 e. The SMILES string of the molecule is CCCCCC/C=C\CCCCCCCCOCCN(CCOCCCCCCCC/C=C\CCCCCC)Cc1ccccc1. The van der Waals surface area contributed by atoms with E-state index in [1.165, 1.54) is 160 Å². The van der Waals surface area contributed by atoms with Crippen molar-refractivity contribution in [3.8, 4) is 0 Å². The van der Waals surface area contributed by atoms with Crippen molar-refractivity contribution in [3.63, 3.8) is 0 Å². The number of rotatable bonds is 36. The van der Waals surface area contributed by atoms with E-state index < -0.39 is 0 Å². The third-order valence-corrected chi connectivity index (χ3v) is 8.95. The molecule has 3 nitrogen and oxygen atoms in total. The highest BCUT2D eigenvalue weighted by molar-refractivity contribution is 5.14. The number of nitrogens with zero attached hydrogens (tertiary/aromatic N) is 1. The highest BCUT2D eigenvalue weighted by atomic mass is 16.5. The van der Waals surface area contributed by atoms with Gasteiger partial charge in [-0.2, -0.15) is 0 Å². The Morgan fingerprint density at radius 1 is 0.435 bits per heavy atom. The summed E-state index contributed by atoms with van der Waals surface area (Å²) in [5.74, 6) is 0. The van der Waals surface area contributed by atoms with Gasteiger partial charge in [-0.3, -0.25) is 4.90 Å². The standard InChI is InChI=1S/C43H77NO2/c1-3-5-7-9-11-13-15-17-19-21-23-25-27-32-38-45-40-36-44(42-43-34-30-29-31-35-43)37-41-46-39-33-28-26-24-22-20-18-16-14-12-10-8-6-4-2/h13-16,29-31,34-35H,3-12,17-28,32-33,36-42H2,1-2H3/b15-13-,16-14-. The molecule has 46 heavy (non-hydrogen) atoms. The second kappa shape index (κ2) is 36.4. The molecule has 1 aromatic carbocycles. The fourth-order valence-corrected chi connectivity index (χ4v) is 5.90. The Kier molecular flexibility index (Phi) is 33.7. The first-order chi connectivity index (χ1) is 22.9. The average molecular weight is 640 g/mol. The molecule has 0 aromatic heterocycles. The van der Waals surface area contributed by atoms with Gasteiger partial charge in [0.25, 0.3) is 0 Å². The van der Waals surface area contributed by atoms with Crippen LogP contribution in [0.4, 0.5) is 0 Å². The molecule has 0 aliphatic heterocycles. The van der Waals surface area contributed by atoms with Gasteiger partial charge in [0.05, 0.1) is 13.2 Å². The van der Waals surface area contributed by atoms with E-state index in [0.29, 0.717) is 0 Å². The number of hydrogen-bond acceptors (Lipinski definition) is 3. The molecule has 0 radical (unpaired) electrons. The van der Waals surface area contributed by atoms with Crippen molar-refractivity contribution in [1.29, 1.82) is 0 Å². The van der Waals surface area contributed by atoms with E-state index in [2.05, 4.69) is 73.4 Å². The topological polar surface area (TPSA) is 21.7 Å². The monoisotopic (exact) mass is 640 g/mol. The molecular weight excluding hydrogens is 562 g/mol. The van der Waals surface area contributed by atoms with Gasteiger partial charge in [0.2, 0.25) is 0 Å². The summed E-state index contributed by atoms with van der Waals surface area (Å²) in [7, 11) is 0. The van der Waals surface area contributed by atoms with Gasteiger partial charge in [-0.05, 0) is 69.8 Å². The zero-order valence-corrected chi connectivity index (χ0v) is 30.9. The maximum absolute atomic E-state index is 6.05. The van der Waals surface area contributed by atoms with Crippen molar-refractivity contribution in [2.24, 2.45) is 0 Å². The zero-order chi connectivity index (χ0) is 32.9. The van der Waals surface area contributed by atoms with E-state index in [0.717, 1.165) is 46.1 Å². The van der Waals surface area contributed by atoms with Crippen LogP contribution in [0, 0.1) is 0 Å². The molecule has 266 valence electrons. The van der Waals surface area contributed by atoms with E-state index in [1.54, 1.807) is 0 Å². The van der Waals surface area contributed by atoms with E-state index in [-0.39, 0.29) is 0 Å². The van der Waals surface area contributed by atoms with Crippen molar-refractivity contribution < 1.29 is 9.47 Å². The van der Waals surface area contributed by atoms with Gasteiger partial charge in [0.1, 0.15) is 0 Å². The van der Waals surface area contributed by atoms with Crippen molar-refractivity contribution in [1.82, 2.24) is 4.90 Å². The number of ether oxygens (including phenoxy) is 2. The van der Waals surface area contributed by atoms with Crippen molar-refractivity contribution in [3.05, 3.63) is 60.2 Å². The number of unbranched alkanes of at least 4 members (excludes halogenated alkanes) is 20. The van der Waals surface area contributed by atoms with Crippen LogP contribution in [0.3, 0.4) is 0 Å². The molecule has 0 amide bonds. The highest BCUT2D eigenvalue weighted by Crippen LogP contribution is 2.11. The maximum atomic E-state index is 6.05. The van der Waals surface area contributed by atoms with Crippen molar-refractivity contribution in [2.45, 2.75) is 174 Å². The lowest BCUT2D eigenvalue weighted by Crippen LogP contribution is -2.31. The van der Waals surface area contributed by atoms with Crippen molar-refractivity contribution >= 4 is 0 Å². The first kappa shape index (κ1) is 42.6. The minimum atomic E-state index is 0.812. The van der Waals surface area contributed by atoms with Crippen LogP contribution in [-0.2, 0) is 16.0 Å². The Morgan fingerprint density at radius 2 is 0.804 bits per heavy atom. The summed E-state index contributed by atoms with van der Waals surface area (Å²) < 4.78 is 12.1. The van der Waals surface area contributed by atoms with Crippen LogP contribution in [0.25, 0.3) is 0 Å². The number of hydrogen-bond donors (Lipinski definition) is 0. The summed E-state index contributed by atoms with van der Waals surface area (Å²) in [5, 5.41) is 0. The summed E-state index contributed by atoms with van der Waals surface area (Å²) >= 11 is 0. The molecule has 0 saturated carbocycles. The largest absolute Gasteiger partial charge is 0.380 e. The zero-order valence-electron chi connectivity index (χ0n) is 30.9. The van der Waals surface area contributed by atoms with Gasteiger partial charge in [0, 0.05) is 32.8 Å². The average Bonchev–Trinajstić information content (AvgIpc) is 3.07. The molecule has 1 rings (SSSR count). The summed E-state index contributed by atoms with van der Waals surface area (Å²) in [5.41, 5.74) is 1.37. The molecular formula is C43H77NO2. The molecule has 0 aliphatic carbocycles. The summed E-state index contributed by atoms with van der Waals surface area (Å²) in [6, 6.07) is 10.8. The van der Waals surface area contributed by atoms with Gasteiger partial charge >= 0.3 is 0 Å². The van der Waals surface area contributed by atoms with E-state index in [1.807, 2.05) is 0 Å². The second-order valence-corrected chi connectivity index (χ2v) is 13.4. The Hall–Kier alpha value is -1.42. The Bertz CT molecular complexity index is 717. The van der Waals surface area contributed by atoms with Crippen LogP contribution in [0.15, 0.2) is 54.6 Å². The fourth-order valence-electron chi connectivity index (χ4n) is 5.90. The van der Waals surface area contributed by atoms with Crippen LogP contribution >= 0.6 is 0 Å². The fraction of sp³-hybridized carbons (Fsp3) is 0.767. The molecule has 0 N–H and O–H groups in total. The molecule has 0 aliphatic rings. The lowest BCUT2D eigenvalue weighted by atomic mass is 10.1. The molecule has 0 heterocycles. The Balaban J connectivity index is 2.00. The highest BCUT2D eigenvalue weighted by Gasteiger charge is 2.06. The lowest BCUT2D eigenvalue weighted by Gasteiger charge is -2.22. The van der Waals surface area contributed by atoms with Crippen LogP contribution in [0.5, 0.6) is 0 Å². The molecule has 1 aromatic rings. The van der Waals surface area contributed by atoms with E-state index in [4.69, 9.17) is 9.47 Å². The van der Waals surface area contributed by atoms with Gasteiger partial charge in [-0.1, -0.05) is 158 Å². The van der Waals surface area contributed by atoms with Gasteiger partial charge in [-0.25, -0.2) is 0 Å². The smallest absolute Gasteiger partial charge is 0.0593 e. The normalized spacial score (nSPS) is 12.0. The molecule has 0 spiro atoms. The summed E-state index contributed by atoms with van der Waals surface area (Å²) in [4.78, 5) is 2.49.